The second kappa shape index (κ2) is 9.76. The zero-order chi connectivity index (χ0) is 20.8. The third-order valence-corrected chi connectivity index (χ3v) is 5.27. The second-order valence-corrected chi connectivity index (χ2v) is 7.59. The van der Waals surface area contributed by atoms with Crippen molar-refractivity contribution in [3.05, 3.63) is 59.7 Å². The average Bonchev–Trinajstić information content (AvgIpc) is 2.77. The number of hydrogen-bond donors (Lipinski definition) is 1. The van der Waals surface area contributed by atoms with E-state index < -0.39 is 0 Å². The number of rotatable bonds is 7. The monoisotopic (exact) mass is 397 g/mol. The molecule has 1 fully saturated rings. The molecule has 6 nitrogen and oxygen atoms in total. The molecule has 0 spiro atoms. The quantitative estimate of drug-likeness (QED) is 0.779. The Labute approximate surface area is 173 Å². The summed E-state index contributed by atoms with van der Waals surface area (Å²) < 4.78 is 11.3. The first-order valence-corrected chi connectivity index (χ1v) is 10.0. The molecule has 0 aromatic heterocycles. The van der Waals surface area contributed by atoms with E-state index in [2.05, 4.69) is 29.3 Å². The van der Waals surface area contributed by atoms with Gasteiger partial charge in [-0.15, -0.1) is 0 Å². The highest BCUT2D eigenvalue weighted by Crippen LogP contribution is 2.21. The number of morpholine rings is 1. The predicted molar refractivity (Wildman–Crippen MR) is 116 cm³/mol. The van der Waals surface area contributed by atoms with E-state index in [-0.39, 0.29) is 18.1 Å². The van der Waals surface area contributed by atoms with Crippen molar-refractivity contribution >= 4 is 11.6 Å². The van der Waals surface area contributed by atoms with Crippen LogP contribution < -0.4 is 15.0 Å². The zero-order valence-electron chi connectivity index (χ0n) is 17.7. The number of anilines is 1. The van der Waals surface area contributed by atoms with Gasteiger partial charge < -0.3 is 24.6 Å². The summed E-state index contributed by atoms with van der Waals surface area (Å²) in [7, 11) is 5.22. The maximum absolute atomic E-state index is 12.1. The molecule has 0 saturated carbocycles. The van der Waals surface area contributed by atoms with Crippen molar-refractivity contribution in [2.24, 2.45) is 0 Å². The number of nitrogens with zero attached hydrogens (tertiary/aromatic N) is 2. The molecule has 1 amide bonds. The van der Waals surface area contributed by atoms with Gasteiger partial charge in [-0.05, 0) is 48.9 Å². The van der Waals surface area contributed by atoms with Gasteiger partial charge in [-0.3, -0.25) is 4.79 Å². The molecule has 29 heavy (non-hydrogen) atoms. The highest BCUT2D eigenvalue weighted by molar-refractivity contribution is 5.94. The molecule has 0 aliphatic carbocycles. The standard InChI is InChI=1S/C23H31N3O3/c1-17(19-6-5-7-21(14-19)28-4)24-15-22-16-26(12-13-29-22)20-10-8-18(9-11-20)23(27)25(2)3/h5-11,14,17,22,24H,12-13,15-16H2,1-4H3/t17-,22?/m1/s1. The predicted octanol–water partition coefficient (Wildman–Crippen LogP) is 2.95. The molecule has 2 aromatic carbocycles. The number of carbonyl (C=O) groups is 1. The molecule has 1 heterocycles. The molecule has 0 radical (unpaired) electrons. The molecule has 1 aliphatic heterocycles. The van der Waals surface area contributed by atoms with Crippen LogP contribution in [-0.4, -0.2) is 64.4 Å². The van der Waals surface area contributed by atoms with E-state index in [1.54, 1.807) is 26.1 Å². The van der Waals surface area contributed by atoms with Crippen LogP contribution >= 0.6 is 0 Å². The molecule has 3 rings (SSSR count). The smallest absolute Gasteiger partial charge is 0.253 e. The first kappa shape index (κ1) is 21.1. The van der Waals surface area contributed by atoms with Crippen molar-refractivity contribution in [3.8, 4) is 5.75 Å². The first-order valence-electron chi connectivity index (χ1n) is 10.0. The van der Waals surface area contributed by atoms with Crippen LogP contribution in [-0.2, 0) is 4.74 Å². The van der Waals surface area contributed by atoms with Crippen LogP contribution in [0.2, 0.25) is 0 Å². The van der Waals surface area contributed by atoms with E-state index in [4.69, 9.17) is 9.47 Å². The highest BCUT2D eigenvalue weighted by atomic mass is 16.5. The summed E-state index contributed by atoms with van der Waals surface area (Å²) in [6, 6.07) is 16.2. The fourth-order valence-electron chi connectivity index (χ4n) is 3.49. The summed E-state index contributed by atoms with van der Waals surface area (Å²) >= 11 is 0. The van der Waals surface area contributed by atoms with E-state index in [0.29, 0.717) is 12.2 Å². The average molecular weight is 398 g/mol. The number of ether oxygens (including phenoxy) is 2. The van der Waals surface area contributed by atoms with Gasteiger partial charge in [0.2, 0.25) is 0 Å². The Hall–Kier alpha value is -2.57. The van der Waals surface area contributed by atoms with Crippen LogP contribution in [0.25, 0.3) is 0 Å². The normalized spacial score (nSPS) is 17.7. The lowest BCUT2D eigenvalue weighted by Gasteiger charge is -2.35. The van der Waals surface area contributed by atoms with Gasteiger partial charge in [0.05, 0.1) is 19.8 Å². The SMILES string of the molecule is COc1cccc([C@@H](C)NCC2CN(c3ccc(C(=O)N(C)C)cc3)CCO2)c1. The molecule has 2 aromatic rings. The molecule has 1 saturated heterocycles. The summed E-state index contributed by atoms with van der Waals surface area (Å²) in [6.45, 7) is 5.28. The lowest BCUT2D eigenvalue weighted by atomic mass is 10.1. The van der Waals surface area contributed by atoms with Gasteiger partial charge in [0.15, 0.2) is 0 Å². The van der Waals surface area contributed by atoms with E-state index in [0.717, 1.165) is 31.1 Å². The van der Waals surface area contributed by atoms with Gasteiger partial charge in [-0.1, -0.05) is 12.1 Å². The molecule has 0 bridgehead atoms. The molecule has 2 atom stereocenters. The lowest BCUT2D eigenvalue weighted by Crippen LogP contribution is -2.47. The first-order chi connectivity index (χ1) is 14.0. The topological polar surface area (TPSA) is 54.0 Å². The van der Waals surface area contributed by atoms with Crippen molar-refractivity contribution < 1.29 is 14.3 Å². The minimum Gasteiger partial charge on any atom is -0.497 e. The van der Waals surface area contributed by atoms with Crippen molar-refractivity contribution in [2.75, 3.05) is 52.3 Å². The highest BCUT2D eigenvalue weighted by Gasteiger charge is 2.22. The Balaban J connectivity index is 1.55. The molecule has 1 unspecified atom stereocenters. The largest absolute Gasteiger partial charge is 0.497 e. The number of carbonyl (C=O) groups excluding carboxylic acids is 1. The zero-order valence-corrected chi connectivity index (χ0v) is 17.7. The van der Waals surface area contributed by atoms with Crippen molar-refractivity contribution in [1.82, 2.24) is 10.2 Å². The van der Waals surface area contributed by atoms with Gasteiger partial charge >= 0.3 is 0 Å². The summed E-state index contributed by atoms with van der Waals surface area (Å²) in [6.07, 6.45) is 0.111. The number of amides is 1. The number of methoxy groups -OCH3 is 1. The molecular formula is C23H31N3O3. The second-order valence-electron chi connectivity index (χ2n) is 7.59. The molecular weight excluding hydrogens is 366 g/mol. The van der Waals surface area contributed by atoms with Crippen molar-refractivity contribution in [3.63, 3.8) is 0 Å². The Bertz CT molecular complexity index is 807. The fraction of sp³-hybridized carbons (Fsp3) is 0.435. The third-order valence-electron chi connectivity index (χ3n) is 5.27. The van der Waals surface area contributed by atoms with Gasteiger partial charge in [-0.2, -0.15) is 0 Å². The minimum absolute atomic E-state index is 0.0205. The number of hydrogen-bond acceptors (Lipinski definition) is 5. The Morgan fingerprint density at radius 3 is 2.72 bits per heavy atom. The van der Waals surface area contributed by atoms with E-state index in [1.807, 2.05) is 36.4 Å². The van der Waals surface area contributed by atoms with Crippen LogP contribution in [0.5, 0.6) is 5.75 Å². The molecule has 1 aliphatic rings. The Morgan fingerprint density at radius 1 is 1.28 bits per heavy atom. The Kier molecular flexibility index (Phi) is 7.12. The Morgan fingerprint density at radius 2 is 2.03 bits per heavy atom. The lowest BCUT2D eigenvalue weighted by molar-refractivity contribution is 0.0394. The third kappa shape index (κ3) is 5.49. The van der Waals surface area contributed by atoms with Crippen LogP contribution in [0.1, 0.15) is 28.9 Å². The fourth-order valence-corrected chi connectivity index (χ4v) is 3.49. The maximum Gasteiger partial charge on any atom is 0.253 e. The van der Waals surface area contributed by atoms with Crippen molar-refractivity contribution in [2.45, 2.75) is 19.1 Å². The van der Waals surface area contributed by atoms with E-state index in [1.165, 1.54) is 5.56 Å². The minimum atomic E-state index is 0.0205. The van der Waals surface area contributed by atoms with Gasteiger partial charge in [-0.25, -0.2) is 0 Å². The molecule has 6 heteroatoms. The summed E-state index contributed by atoms with van der Waals surface area (Å²) in [5, 5.41) is 3.57. The van der Waals surface area contributed by atoms with Gasteiger partial charge in [0.25, 0.3) is 5.91 Å². The molecule has 1 N–H and O–H groups in total. The van der Waals surface area contributed by atoms with Crippen LogP contribution in [0.15, 0.2) is 48.5 Å². The van der Waals surface area contributed by atoms with Crippen LogP contribution in [0.3, 0.4) is 0 Å². The van der Waals surface area contributed by atoms with E-state index >= 15 is 0 Å². The molecule has 156 valence electrons. The summed E-state index contributed by atoms with van der Waals surface area (Å²) in [5.41, 5.74) is 3.02. The van der Waals surface area contributed by atoms with Gasteiger partial charge in [0, 0.05) is 51.0 Å². The van der Waals surface area contributed by atoms with E-state index in [9.17, 15) is 4.79 Å². The van der Waals surface area contributed by atoms with Crippen molar-refractivity contribution in [1.29, 1.82) is 0 Å². The number of nitrogens with one attached hydrogen (secondary N) is 1. The van der Waals surface area contributed by atoms with Gasteiger partial charge in [0.1, 0.15) is 5.75 Å². The number of benzene rings is 2. The summed E-state index contributed by atoms with van der Waals surface area (Å²) in [5.74, 6) is 0.888. The summed E-state index contributed by atoms with van der Waals surface area (Å²) in [4.78, 5) is 16.0. The van der Waals surface area contributed by atoms with Crippen LogP contribution in [0.4, 0.5) is 5.69 Å². The van der Waals surface area contributed by atoms with Crippen LogP contribution in [0, 0.1) is 0 Å². The maximum atomic E-state index is 12.1.